The summed E-state index contributed by atoms with van der Waals surface area (Å²) in [4.78, 5) is 26.2. The number of carbonyl (C=O) groups excluding carboxylic acids is 1. The number of amides is 1. The van der Waals surface area contributed by atoms with Crippen molar-refractivity contribution in [3.63, 3.8) is 0 Å². The Morgan fingerprint density at radius 2 is 1.85 bits per heavy atom. The second kappa shape index (κ2) is 9.71. The summed E-state index contributed by atoms with van der Waals surface area (Å²) in [5.74, 6) is -0.960. The first kappa shape index (κ1) is 23.5. The number of carbonyl (C=O) groups is 2. The van der Waals surface area contributed by atoms with Gasteiger partial charge in [0.25, 0.3) is 0 Å². The van der Waals surface area contributed by atoms with Crippen LogP contribution >= 0.6 is 0 Å². The Morgan fingerprint density at radius 3 is 2.56 bits per heavy atom. The summed E-state index contributed by atoms with van der Waals surface area (Å²) in [6.07, 6.45) is 0.620. The predicted octanol–water partition coefficient (Wildman–Crippen LogP) is 5.51. The number of carboxylic acids is 1. The molecule has 1 aromatic heterocycles. The average Bonchev–Trinajstić information content (AvgIpc) is 3.47. The molecule has 0 saturated carbocycles. The van der Waals surface area contributed by atoms with E-state index in [-0.39, 0.29) is 12.0 Å². The largest absolute Gasteiger partial charge is 0.481 e. The zero-order valence-electron chi connectivity index (χ0n) is 19.7. The Bertz CT molecular complexity index is 1150. The molecule has 1 N–H and O–H groups in total. The smallest absolute Gasteiger partial charge is 0.410 e. The summed E-state index contributed by atoms with van der Waals surface area (Å²) < 4.78 is 11.0. The van der Waals surface area contributed by atoms with Crippen molar-refractivity contribution in [1.29, 1.82) is 0 Å². The number of nitrogens with zero attached hydrogens (tertiary/aromatic N) is 2. The van der Waals surface area contributed by atoms with Gasteiger partial charge in [-0.15, -0.1) is 0 Å². The Kier molecular flexibility index (Phi) is 6.72. The minimum Gasteiger partial charge on any atom is -0.481 e. The molecule has 178 valence electrons. The van der Waals surface area contributed by atoms with Crippen LogP contribution in [0.4, 0.5) is 4.79 Å². The van der Waals surface area contributed by atoms with Crippen molar-refractivity contribution in [1.82, 2.24) is 10.1 Å². The molecule has 0 aliphatic carbocycles. The van der Waals surface area contributed by atoms with Crippen molar-refractivity contribution < 1.29 is 24.0 Å². The lowest BCUT2D eigenvalue weighted by Crippen LogP contribution is -2.36. The van der Waals surface area contributed by atoms with Crippen molar-refractivity contribution in [2.24, 2.45) is 11.8 Å². The lowest BCUT2D eigenvalue weighted by molar-refractivity contribution is -0.143. The minimum atomic E-state index is -0.854. The molecule has 0 spiro atoms. The Labute approximate surface area is 199 Å². The van der Waals surface area contributed by atoms with Gasteiger partial charge in [0, 0.05) is 30.3 Å². The van der Waals surface area contributed by atoms with Crippen LogP contribution in [0.15, 0.2) is 65.2 Å². The lowest BCUT2D eigenvalue weighted by atomic mass is 9.86. The van der Waals surface area contributed by atoms with E-state index in [0.29, 0.717) is 31.7 Å². The van der Waals surface area contributed by atoms with Gasteiger partial charge >= 0.3 is 12.1 Å². The van der Waals surface area contributed by atoms with E-state index in [4.69, 9.17) is 9.26 Å². The number of carboxylic acid groups (broad SMARTS) is 1. The van der Waals surface area contributed by atoms with E-state index in [1.54, 1.807) is 4.90 Å². The standard InChI is InChI=1S/C27H30N2O5/c1-27(2,3)33-26(32)29-13-12-21(17-29)22(25(30)31)15-18-8-7-11-20(14-18)24-16-23(28-34-24)19-9-5-4-6-10-19/h4-11,14,16,21-22H,12-13,15,17H2,1-3H3,(H,30,31)/t21-,22-/m0/s1. The number of rotatable bonds is 6. The number of aliphatic carboxylic acids is 1. The van der Waals surface area contributed by atoms with Crippen LogP contribution in [0.1, 0.15) is 32.8 Å². The number of ether oxygens (including phenoxy) is 1. The van der Waals surface area contributed by atoms with Gasteiger partial charge in [0.1, 0.15) is 11.3 Å². The highest BCUT2D eigenvalue weighted by molar-refractivity contribution is 5.72. The van der Waals surface area contributed by atoms with Crippen LogP contribution in [-0.2, 0) is 16.0 Å². The monoisotopic (exact) mass is 462 g/mol. The van der Waals surface area contributed by atoms with E-state index in [1.165, 1.54) is 0 Å². The first-order chi connectivity index (χ1) is 16.2. The fourth-order valence-corrected chi connectivity index (χ4v) is 4.33. The molecule has 2 heterocycles. The lowest BCUT2D eigenvalue weighted by Gasteiger charge is -2.25. The van der Waals surface area contributed by atoms with Crippen molar-refractivity contribution in [2.45, 2.75) is 39.2 Å². The summed E-state index contributed by atoms with van der Waals surface area (Å²) in [6, 6.07) is 19.4. The second-order valence-corrected chi connectivity index (χ2v) is 9.77. The molecule has 4 rings (SSSR count). The molecule has 2 atom stereocenters. The fourth-order valence-electron chi connectivity index (χ4n) is 4.33. The summed E-state index contributed by atoms with van der Waals surface area (Å²) in [7, 11) is 0. The van der Waals surface area contributed by atoms with Gasteiger partial charge in [-0.25, -0.2) is 4.79 Å². The van der Waals surface area contributed by atoms with E-state index in [9.17, 15) is 14.7 Å². The van der Waals surface area contributed by atoms with Gasteiger partial charge in [0.15, 0.2) is 5.76 Å². The highest BCUT2D eigenvalue weighted by Crippen LogP contribution is 2.31. The van der Waals surface area contributed by atoms with Gasteiger partial charge in [0.2, 0.25) is 0 Å². The molecule has 1 aliphatic heterocycles. The number of likely N-dealkylation sites (tertiary alicyclic amines) is 1. The molecule has 7 heteroatoms. The molecule has 1 saturated heterocycles. The zero-order valence-corrected chi connectivity index (χ0v) is 19.7. The number of hydrogen-bond acceptors (Lipinski definition) is 5. The molecule has 0 radical (unpaired) electrons. The van der Waals surface area contributed by atoms with E-state index in [2.05, 4.69) is 5.16 Å². The van der Waals surface area contributed by atoms with Crippen molar-refractivity contribution in [3.8, 4) is 22.6 Å². The molecule has 0 unspecified atom stereocenters. The van der Waals surface area contributed by atoms with Gasteiger partial charge < -0.3 is 19.3 Å². The SMILES string of the molecule is CC(C)(C)OC(=O)N1CC[C@H]([C@H](Cc2cccc(-c3cc(-c4ccccc4)no3)c2)C(=O)O)C1. The van der Waals surface area contributed by atoms with Gasteiger partial charge in [0.05, 0.1) is 5.92 Å². The second-order valence-electron chi connectivity index (χ2n) is 9.77. The molecule has 1 aliphatic rings. The number of aromatic nitrogens is 1. The summed E-state index contributed by atoms with van der Waals surface area (Å²) >= 11 is 0. The Balaban J connectivity index is 1.46. The van der Waals surface area contributed by atoms with Gasteiger partial charge in [-0.3, -0.25) is 4.79 Å². The van der Waals surface area contributed by atoms with Crippen LogP contribution in [0.2, 0.25) is 0 Å². The van der Waals surface area contributed by atoms with E-state index in [1.807, 2.05) is 81.4 Å². The molecule has 0 bridgehead atoms. The van der Waals surface area contributed by atoms with Crippen LogP contribution in [0.3, 0.4) is 0 Å². The van der Waals surface area contributed by atoms with E-state index >= 15 is 0 Å². The van der Waals surface area contributed by atoms with Crippen LogP contribution in [0.25, 0.3) is 22.6 Å². The third-order valence-corrected chi connectivity index (χ3v) is 6.01. The van der Waals surface area contributed by atoms with Crippen molar-refractivity contribution in [3.05, 3.63) is 66.2 Å². The first-order valence-electron chi connectivity index (χ1n) is 11.5. The predicted molar refractivity (Wildman–Crippen MR) is 128 cm³/mol. The summed E-state index contributed by atoms with van der Waals surface area (Å²) in [5.41, 5.74) is 2.88. The molecular formula is C27H30N2O5. The normalized spacial score (nSPS) is 16.9. The van der Waals surface area contributed by atoms with Crippen LogP contribution in [0.5, 0.6) is 0 Å². The van der Waals surface area contributed by atoms with Crippen LogP contribution in [-0.4, -0.2) is 45.9 Å². The van der Waals surface area contributed by atoms with E-state index < -0.39 is 17.5 Å². The minimum absolute atomic E-state index is 0.136. The third-order valence-electron chi connectivity index (χ3n) is 6.01. The van der Waals surface area contributed by atoms with Gasteiger partial charge in [-0.05, 0) is 51.2 Å². The van der Waals surface area contributed by atoms with Crippen LogP contribution in [0, 0.1) is 11.8 Å². The molecule has 1 fully saturated rings. The number of benzene rings is 2. The maximum absolute atomic E-state index is 12.4. The fraction of sp³-hybridized carbons (Fsp3) is 0.370. The molecule has 7 nitrogen and oxygen atoms in total. The highest BCUT2D eigenvalue weighted by atomic mass is 16.6. The molecule has 3 aromatic rings. The molecule has 2 aromatic carbocycles. The zero-order chi connectivity index (χ0) is 24.3. The Morgan fingerprint density at radius 1 is 1.12 bits per heavy atom. The van der Waals surface area contributed by atoms with Crippen molar-refractivity contribution in [2.75, 3.05) is 13.1 Å². The highest BCUT2D eigenvalue weighted by Gasteiger charge is 2.37. The quantitative estimate of drug-likeness (QED) is 0.519. The average molecular weight is 463 g/mol. The van der Waals surface area contributed by atoms with Gasteiger partial charge in [-0.2, -0.15) is 0 Å². The molecule has 1 amide bonds. The topological polar surface area (TPSA) is 92.9 Å². The van der Waals surface area contributed by atoms with Crippen LogP contribution < -0.4 is 0 Å². The van der Waals surface area contributed by atoms with Crippen molar-refractivity contribution >= 4 is 12.1 Å². The maximum Gasteiger partial charge on any atom is 0.410 e. The van der Waals surface area contributed by atoms with Gasteiger partial charge in [-0.1, -0.05) is 53.7 Å². The summed E-state index contributed by atoms with van der Waals surface area (Å²) in [5, 5.41) is 14.1. The van der Waals surface area contributed by atoms with E-state index in [0.717, 1.165) is 22.4 Å². The molecule has 34 heavy (non-hydrogen) atoms. The number of hydrogen-bond donors (Lipinski definition) is 1. The third kappa shape index (κ3) is 5.65. The first-order valence-corrected chi connectivity index (χ1v) is 11.5. The molecular weight excluding hydrogens is 432 g/mol. The Hall–Kier alpha value is -3.61. The maximum atomic E-state index is 12.4. The summed E-state index contributed by atoms with van der Waals surface area (Å²) in [6.45, 7) is 6.35.